The first-order chi connectivity index (χ1) is 11.6. The molecule has 0 radical (unpaired) electrons. The summed E-state index contributed by atoms with van der Waals surface area (Å²) in [6.45, 7) is 1.00. The molecule has 2 amide bonds. The van der Waals surface area contributed by atoms with E-state index in [1.54, 1.807) is 36.7 Å². The molecule has 2 aromatic rings. The van der Waals surface area contributed by atoms with Crippen molar-refractivity contribution < 1.29 is 14.0 Å². The Labute approximate surface area is 140 Å². The summed E-state index contributed by atoms with van der Waals surface area (Å²) >= 11 is 0. The van der Waals surface area contributed by atoms with Crippen molar-refractivity contribution in [2.24, 2.45) is 11.8 Å². The molecule has 3 rings (SSSR count). The highest BCUT2D eigenvalue weighted by molar-refractivity contribution is 5.92. The molecular formula is C18H21N3O3. The number of carbonyl (C=O) groups excluding carboxylic acids is 2. The van der Waals surface area contributed by atoms with Gasteiger partial charge >= 0.3 is 0 Å². The molecule has 2 aromatic heterocycles. The fraction of sp³-hybridized carbons (Fsp3) is 0.389. The molecule has 0 bridgehead atoms. The molecule has 6 nitrogen and oxygen atoms in total. The second-order valence-corrected chi connectivity index (χ2v) is 6.11. The Morgan fingerprint density at radius 2 is 2.08 bits per heavy atom. The molecular weight excluding hydrogens is 306 g/mol. The van der Waals surface area contributed by atoms with Gasteiger partial charge in [0.05, 0.1) is 24.6 Å². The normalized spacial score (nSPS) is 18.9. The van der Waals surface area contributed by atoms with E-state index in [9.17, 15) is 9.59 Å². The molecule has 1 N–H and O–H groups in total. The SMILES string of the molecule is CN(CCc1ccncc1)C(=O)C1CC1C(=O)NCc1ccco1. The van der Waals surface area contributed by atoms with Gasteiger partial charge < -0.3 is 14.6 Å². The van der Waals surface area contributed by atoms with E-state index in [0.29, 0.717) is 25.3 Å². The zero-order valence-corrected chi connectivity index (χ0v) is 13.6. The largest absolute Gasteiger partial charge is 0.467 e. The van der Waals surface area contributed by atoms with Gasteiger partial charge in [0.2, 0.25) is 11.8 Å². The molecule has 2 unspecified atom stereocenters. The number of nitrogens with one attached hydrogen (secondary N) is 1. The summed E-state index contributed by atoms with van der Waals surface area (Å²) in [4.78, 5) is 30.2. The van der Waals surface area contributed by atoms with E-state index >= 15 is 0 Å². The lowest BCUT2D eigenvalue weighted by Crippen LogP contribution is -2.32. The van der Waals surface area contributed by atoms with Crippen molar-refractivity contribution in [1.82, 2.24) is 15.2 Å². The van der Waals surface area contributed by atoms with Gasteiger partial charge in [-0.05, 0) is 42.7 Å². The second kappa shape index (κ2) is 7.29. The number of rotatable bonds is 7. The first-order valence-corrected chi connectivity index (χ1v) is 8.09. The molecule has 1 aliphatic carbocycles. The van der Waals surface area contributed by atoms with E-state index in [1.807, 2.05) is 18.2 Å². The Morgan fingerprint density at radius 3 is 2.79 bits per heavy atom. The van der Waals surface area contributed by atoms with E-state index < -0.39 is 0 Å². The molecule has 0 saturated heterocycles. The van der Waals surface area contributed by atoms with Crippen molar-refractivity contribution in [2.75, 3.05) is 13.6 Å². The van der Waals surface area contributed by atoms with Crippen molar-refractivity contribution in [1.29, 1.82) is 0 Å². The van der Waals surface area contributed by atoms with Gasteiger partial charge in [0.15, 0.2) is 0 Å². The van der Waals surface area contributed by atoms with Gasteiger partial charge in [-0.2, -0.15) is 0 Å². The maximum atomic E-state index is 12.4. The summed E-state index contributed by atoms with van der Waals surface area (Å²) in [7, 11) is 1.79. The quantitative estimate of drug-likeness (QED) is 0.838. The Kier molecular flexibility index (Phi) is 4.93. The molecule has 2 heterocycles. The summed E-state index contributed by atoms with van der Waals surface area (Å²) in [6.07, 6.45) is 6.48. The standard InChI is InChI=1S/C18H21N3O3/c1-21(9-6-13-4-7-19-8-5-13)18(23)16-11-15(16)17(22)20-12-14-3-2-10-24-14/h2-5,7-8,10,15-16H,6,9,11-12H2,1H3,(H,20,22). The van der Waals surface area contributed by atoms with Crippen LogP contribution in [0.5, 0.6) is 0 Å². The molecule has 0 aliphatic heterocycles. The third-order valence-corrected chi connectivity index (χ3v) is 4.32. The fourth-order valence-corrected chi connectivity index (χ4v) is 2.72. The van der Waals surface area contributed by atoms with Crippen LogP contribution in [0.15, 0.2) is 47.3 Å². The molecule has 0 spiro atoms. The van der Waals surface area contributed by atoms with Crippen LogP contribution in [-0.4, -0.2) is 35.3 Å². The number of amides is 2. The highest BCUT2D eigenvalue weighted by Crippen LogP contribution is 2.40. The lowest BCUT2D eigenvalue weighted by atomic mass is 10.2. The Bertz CT molecular complexity index is 685. The van der Waals surface area contributed by atoms with E-state index in [1.165, 1.54) is 0 Å². The monoisotopic (exact) mass is 327 g/mol. The predicted octanol–water partition coefficient (Wildman–Crippen LogP) is 1.63. The summed E-state index contributed by atoms with van der Waals surface area (Å²) < 4.78 is 5.18. The summed E-state index contributed by atoms with van der Waals surface area (Å²) in [6, 6.07) is 7.48. The van der Waals surface area contributed by atoms with Crippen LogP contribution in [0.3, 0.4) is 0 Å². The van der Waals surface area contributed by atoms with Crippen molar-refractivity contribution in [3.8, 4) is 0 Å². The first kappa shape index (κ1) is 16.2. The Morgan fingerprint density at radius 1 is 1.29 bits per heavy atom. The molecule has 24 heavy (non-hydrogen) atoms. The number of aromatic nitrogens is 1. The molecule has 2 atom stereocenters. The van der Waals surface area contributed by atoms with Gasteiger partial charge in [-0.3, -0.25) is 14.6 Å². The summed E-state index contributed by atoms with van der Waals surface area (Å²) in [5.74, 6) is 0.274. The van der Waals surface area contributed by atoms with Crippen LogP contribution in [0.1, 0.15) is 17.7 Å². The van der Waals surface area contributed by atoms with E-state index in [2.05, 4.69) is 10.3 Å². The minimum Gasteiger partial charge on any atom is -0.467 e. The number of hydrogen-bond donors (Lipinski definition) is 1. The van der Waals surface area contributed by atoms with Gasteiger partial charge in [-0.15, -0.1) is 0 Å². The van der Waals surface area contributed by atoms with Crippen molar-refractivity contribution in [3.63, 3.8) is 0 Å². The van der Waals surface area contributed by atoms with Gasteiger partial charge in [0, 0.05) is 26.0 Å². The Hall–Kier alpha value is -2.63. The van der Waals surface area contributed by atoms with Crippen molar-refractivity contribution in [3.05, 3.63) is 54.2 Å². The van der Waals surface area contributed by atoms with Crippen molar-refractivity contribution >= 4 is 11.8 Å². The van der Waals surface area contributed by atoms with Gasteiger partial charge in [-0.1, -0.05) is 0 Å². The number of hydrogen-bond acceptors (Lipinski definition) is 4. The zero-order chi connectivity index (χ0) is 16.9. The fourth-order valence-electron chi connectivity index (χ4n) is 2.72. The van der Waals surface area contributed by atoms with Crippen LogP contribution in [0.2, 0.25) is 0 Å². The average molecular weight is 327 g/mol. The van der Waals surface area contributed by atoms with Crippen LogP contribution in [0.4, 0.5) is 0 Å². The topological polar surface area (TPSA) is 75.4 Å². The maximum Gasteiger partial charge on any atom is 0.226 e. The number of nitrogens with zero attached hydrogens (tertiary/aromatic N) is 2. The van der Waals surface area contributed by atoms with Crippen molar-refractivity contribution in [2.45, 2.75) is 19.4 Å². The molecule has 126 valence electrons. The molecule has 6 heteroatoms. The molecule has 0 aromatic carbocycles. The summed E-state index contributed by atoms with van der Waals surface area (Å²) in [5.41, 5.74) is 1.15. The lowest BCUT2D eigenvalue weighted by Gasteiger charge is -2.17. The van der Waals surface area contributed by atoms with Crippen LogP contribution in [-0.2, 0) is 22.6 Å². The number of likely N-dealkylation sites (N-methyl/N-ethyl adjacent to an activating group) is 1. The van der Waals surface area contributed by atoms with Crippen LogP contribution >= 0.6 is 0 Å². The molecule has 1 aliphatic rings. The summed E-state index contributed by atoms with van der Waals surface area (Å²) in [5, 5.41) is 2.82. The number of pyridine rings is 1. The minimum atomic E-state index is -0.212. The lowest BCUT2D eigenvalue weighted by molar-refractivity contribution is -0.133. The first-order valence-electron chi connectivity index (χ1n) is 8.09. The van der Waals surface area contributed by atoms with Gasteiger partial charge in [-0.25, -0.2) is 0 Å². The third-order valence-electron chi connectivity index (χ3n) is 4.32. The predicted molar refractivity (Wildman–Crippen MR) is 87.7 cm³/mol. The van der Waals surface area contributed by atoms with Gasteiger partial charge in [0.1, 0.15) is 5.76 Å². The smallest absolute Gasteiger partial charge is 0.226 e. The molecule has 1 fully saturated rings. The second-order valence-electron chi connectivity index (χ2n) is 6.11. The minimum absolute atomic E-state index is 0.0437. The van der Waals surface area contributed by atoms with Crippen LogP contribution in [0.25, 0.3) is 0 Å². The number of furan rings is 1. The highest BCUT2D eigenvalue weighted by Gasteiger charge is 2.48. The van der Waals surface area contributed by atoms with E-state index in [0.717, 1.165) is 12.0 Å². The van der Waals surface area contributed by atoms with Crippen LogP contribution in [0, 0.1) is 11.8 Å². The zero-order valence-electron chi connectivity index (χ0n) is 13.6. The van der Waals surface area contributed by atoms with E-state index in [4.69, 9.17) is 4.42 Å². The highest BCUT2D eigenvalue weighted by atomic mass is 16.3. The van der Waals surface area contributed by atoms with Crippen LogP contribution < -0.4 is 5.32 Å². The molecule has 1 saturated carbocycles. The van der Waals surface area contributed by atoms with Gasteiger partial charge in [0.25, 0.3) is 0 Å². The maximum absolute atomic E-state index is 12.4. The number of carbonyl (C=O) groups is 2. The Balaban J connectivity index is 1.42. The van der Waals surface area contributed by atoms with E-state index in [-0.39, 0.29) is 23.7 Å². The third kappa shape index (κ3) is 4.01. The average Bonchev–Trinajstić information content (AvgIpc) is 3.24.